The van der Waals surface area contributed by atoms with Crippen molar-refractivity contribution in [2.24, 2.45) is 0 Å². The summed E-state index contributed by atoms with van der Waals surface area (Å²) < 4.78 is 5.23. The molecule has 0 fully saturated rings. The van der Waals surface area contributed by atoms with Crippen molar-refractivity contribution < 1.29 is 9.53 Å². The predicted molar refractivity (Wildman–Crippen MR) is 88.8 cm³/mol. The van der Waals surface area contributed by atoms with E-state index >= 15 is 0 Å². The van der Waals surface area contributed by atoms with Crippen LogP contribution < -0.4 is 5.73 Å². The highest BCUT2D eigenvalue weighted by Crippen LogP contribution is 2.22. The average molecular weight is 312 g/mol. The Kier molecular flexibility index (Phi) is 8.91. The smallest absolute Gasteiger partial charge is 0.341 e. The van der Waals surface area contributed by atoms with Gasteiger partial charge in [0.05, 0.1) is 11.6 Å². The lowest BCUT2D eigenvalue weighted by Crippen LogP contribution is -2.10. The predicted octanol–water partition coefficient (Wildman–Crippen LogP) is 5.22. The van der Waals surface area contributed by atoms with E-state index in [2.05, 4.69) is 6.92 Å². The van der Waals surface area contributed by atoms with E-state index in [9.17, 15) is 4.79 Å². The van der Waals surface area contributed by atoms with Crippen LogP contribution in [0.15, 0.2) is 18.2 Å². The van der Waals surface area contributed by atoms with Gasteiger partial charge in [-0.15, -0.1) is 0 Å². The topological polar surface area (TPSA) is 52.3 Å². The second-order valence-corrected chi connectivity index (χ2v) is 5.72. The summed E-state index contributed by atoms with van der Waals surface area (Å²) in [6, 6.07) is 5.01. The number of halogens is 1. The van der Waals surface area contributed by atoms with E-state index in [0.29, 0.717) is 17.3 Å². The summed E-state index contributed by atoms with van der Waals surface area (Å²) in [6.45, 7) is 2.65. The first-order chi connectivity index (χ1) is 10.2. The Balaban J connectivity index is 2.14. The van der Waals surface area contributed by atoms with Gasteiger partial charge in [0.2, 0.25) is 0 Å². The second kappa shape index (κ2) is 10.5. The zero-order valence-corrected chi connectivity index (χ0v) is 13.6. The van der Waals surface area contributed by atoms with Crippen molar-refractivity contribution in [2.45, 2.75) is 58.3 Å². The lowest BCUT2D eigenvalue weighted by Gasteiger charge is -2.08. The second-order valence-electron chi connectivity index (χ2n) is 5.31. The average Bonchev–Trinajstić information content (AvgIpc) is 2.45. The Hall–Kier alpha value is -1.22. The SMILES string of the molecule is CCCCCCCCCCOC(=O)c1c(N)cccc1Cl. The number of anilines is 1. The van der Waals surface area contributed by atoms with Crippen LogP contribution in [0.5, 0.6) is 0 Å². The summed E-state index contributed by atoms with van der Waals surface area (Å²) >= 11 is 5.97. The minimum Gasteiger partial charge on any atom is -0.462 e. The third-order valence-corrected chi connectivity index (χ3v) is 3.80. The Morgan fingerprint density at radius 1 is 1.10 bits per heavy atom. The van der Waals surface area contributed by atoms with Gasteiger partial charge in [0, 0.05) is 5.69 Å². The van der Waals surface area contributed by atoms with Crippen molar-refractivity contribution in [3.05, 3.63) is 28.8 Å². The van der Waals surface area contributed by atoms with Gasteiger partial charge in [-0.3, -0.25) is 0 Å². The fourth-order valence-electron chi connectivity index (χ4n) is 2.23. The van der Waals surface area contributed by atoms with Crippen molar-refractivity contribution in [1.82, 2.24) is 0 Å². The van der Waals surface area contributed by atoms with Gasteiger partial charge in [-0.1, -0.05) is 69.5 Å². The van der Waals surface area contributed by atoms with Crippen molar-refractivity contribution in [3.63, 3.8) is 0 Å². The van der Waals surface area contributed by atoms with Gasteiger partial charge in [-0.2, -0.15) is 0 Å². The van der Waals surface area contributed by atoms with E-state index in [-0.39, 0.29) is 5.56 Å². The molecule has 4 heteroatoms. The van der Waals surface area contributed by atoms with Crippen LogP contribution in [0.4, 0.5) is 5.69 Å². The number of rotatable bonds is 10. The minimum atomic E-state index is -0.430. The van der Waals surface area contributed by atoms with Crippen molar-refractivity contribution in [1.29, 1.82) is 0 Å². The first-order valence-electron chi connectivity index (χ1n) is 7.88. The van der Waals surface area contributed by atoms with Crippen LogP contribution in [0.1, 0.15) is 68.6 Å². The standard InChI is InChI=1S/C17H26ClNO2/c1-2-3-4-5-6-7-8-9-13-21-17(20)16-14(18)11-10-12-15(16)19/h10-12H,2-9,13,19H2,1H3. The number of unbranched alkanes of at least 4 members (excludes halogenated alkanes) is 7. The summed E-state index contributed by atoms with van der Waals surface area (Å²) in [5.41, 5.74) is 6.39. The van der Waals surface area contributed by atoms with Crippen molar-refractivity contribution in [3.8, 4) is 0 Å². The lowest BCUT2D eigenvalue weighted by atomic mass is 10.1. The first kappa shape index (κ1) is 17.8. The zero-order valence-electron chi connectivity index (χ0n) is 12.9. The van der Waals surface area contributed by atoms with Crippen LogP contribution >= 0.6 is 11.6 Å². The van der Waals surface area contributed by atoms with E-state index in [1.807, 2.05) is 0 Å². The molecule has 1 aromatic carbocycles. The monoisotopic (exact) mass is 311 g/mol. The number of ether oxygens (including phenoxy) is 1. The molecule has 0 aromatic heterocycles. The molecule has 0 spiro atoms. The summed E-state index contributed by atoms with van der Waals surface area (Å²) in [7, 11) is 0. The number of hydrogen-bond acceptors (Lipinski definition) is 3. The Morgan fingerprint density at radius 2 is 1.71 bits per heavy atom. The molecule has 0 bridgehead atoms. The maximum Gasteiger partial charge on any atom is 0.341 e. The molecule has 0 amide bonds. The number of nitrogens with two attached hydrogens (primary N) is 1. The lowest BCUT2D eigenvalue weighted by molar-refractivity contribution is 0.0499. The van der Waals surface area contributed by atoms with Crippen LogP contribution in [0.2, 0.25) is 5.02 Å². The molecule has 2 N–H and O–H groups in total. The molecule has 0 aliphatic carbocycles. The Labute approximate surface area is 132 Å². The third-order valence-electron chi connectivity index (χ3n) is 3.48. The van der Waals surface area contributed by atoms with Gasteiger partial charge in [-0.25, -0.2) is 4.79 Å². The van der Waals surface area contributed by atoms with E-state index < -0.39 is 5.97 Å². The zero-order chi connectivity index (χ0) is 15.5. The quantitative estimate of drug-likeness (QED) is 0.366. The molecule has 0 saturated carbocycles. The molecule has 1 aromatic rings. The summed E-state index contributed by atoms with van der Waals surface area (Å²) in [5.74, 6) is -0.430. The molecule has 0 unspecified atom stereocenters. The molecule has 0 aliphatic rings. The summed E-state index contributed by atoms with van der Waals surface area (Å²) in [6.07, 6.45) is 9.71. The van der Waals surface area contributed by atoms with E-state index in [1.165, 1.54) is 38.5 Å². The highest BCUT2D eigenvalue weighted by Gasteiger charge is 2.14. The summed E-state index contributed by atoms with van der Waals surface area (Å²) in [4.78, 5) is 11.9. The van der Waals surface area contributed by atoms with Crippen LogP contribution in [-0.2, 0) is 4.74 Å². The van der Waals surface area contributed by atoms with Crippen LogP contribution in [0, 0.1) is 0 Å². The van der Waals surface area contributed by atoms with Gasteiger partial charge in [0.25, 0.3) is 0 Å². The normalized spacial score (nSPS) is 10.6. The van der Waals surface area contributed by atoms with Crippen LogP contribution in [-0.4, -0.2) is 12.6 Å². The van der Waals surface area contributed by atoms with Crippen molar-refractivity contribution in [2.75, 3.05) is 12.3 Å². The molecule has 1 rings (SSSR count). The third kappa shape index (κ3) is 6.85. The van der Waals surface area contributed by atoms with Crippen LogP contribution in [0.3, 0.4) is 0 Å². The van der Waals surface area contributed by atoms with Crippen molar-refractivity contribution >= 4 is 23.3 Å². The first-order valence-corrected chi connectivity index (χ1v) is 8.25. The molecule has 0 radical (unpaired) electrons. The van der Waals surface area contributed by atoms with Gasteiger partial charge in [-0.05, 0) is 18.6 Å². The molecule has 3 nitrogen and oxygen atoms in total. The number of hydrogen-bond donors (Lipinski definition) is 1. The van der Waals surface area contributed by atoms with Gasteiger partial charge in [0.15, 0.2) is 0 Å². The van der Waals surface area contributed by atoms with E-state index in [0.717, 1.165) is 12.8 Å². The molecule has 0 atom stereocenters. The molecular formula is C17H26ClNO2. The highest BCUT2D eigenvalue weighted by atomic mass is 35.5. The number of benzene rings is 1. The molecule has 118 valence electrons. The Morgan fingerprint density at radius 3 is 2.33 bits per heavy atom. The van der Waals surface area contributed by atoms with Gasteiger partial charge >= 0.3 is 5.97 Å². The van der Waals surface area contributed by atoms with Gasteiger partial charge in [0.1, 0.15) is 5.56 Å². The number of carbonyl (C=O) groups is 1. The number of esters is 1. The largest absolute Gasteiger partial charge is 0.462 e. The Bertz CT molecular complexity index is 415. The van der Waals surface area contributed by atoms with Gasteiger partial charge < -0.3 is 10.5 Å². The number of nitrogen functional groups attached to an aromatic ring is 1. The maximum atomic E-state index is 11.9. The van der Waals surface area contributed by atoms with E-state index in [1.54, 1.807) is 18.2 Å². The van der Waals surface area contributed by atoms with E-state index in [4.69, 9.17) is 22.1 Å². The highest BCUT2D eigenvalue weighted by molar-refractivity contribution is 6.34. The minimum absolute atomic E-state index is 0.277. The molecule has 0 heterocycles. The number of carbonyl (C=O) groups excluding carboxylic acids is 1. The molecule has 0 aliphatic heterocycles. The fraction of sp³-hybridized carbons (Fsp3) is 0.588. The maximum absolute atomic E-state index is 11.9. The molecule has 0 saturated heterocycles. The summed E-state index contributed by atoms with van der Waals surface area (Å²) in [5, 5.41) is 0.343. The molecule has 21 heavy (non-hydrogen) atoms. The molecular weight excluding hydrogens is 286 g/mol. The van der Waals surface area contributed by atoms with Crippen LogP contribution in [0.25, 0.3) is 0 Å². The fourth-order valence-corrected chi connectivity index (χ4v) is 2.49.